The van der Waals surface area contributed by atoms with E-state index in [2.05, 4.69) is 5.32 Å². The van der Waals surface area contributed by atoms with Gasteiger partial charge in [-0.3, -0.25) is 19.3 Å². The lowest BCUT2D eigenvalue weighted by atomic mass is 9.70. The van der Waals surface area contributed by atoms with Crippen LogP contribution in [0, 0.1) is 5.41 Å². The van der Waals surface area contributed by atoms with E-state index in [4.69, 9.17) is 0 Å². The van der Waals surface area contributed by atoms with Crippen LogP contribution in [0.5, 0.6) is 0 Å². The van der Waals surface area contributed by atoms with Gasteiger partial charge in [0.15, 0.2) is 0 Å². The van der Waals surface area contributed by atoms with Crippen LogP contribution in [-0.4, -0.2) is 35.2 Å². The molecule has 0 bridgehead atoms. The van der Waals surface area contributed by atoms with Crippen LogP contribution in [0.15, 0.2) is 24.3 Å². The van der Waals surface area contributed by atoms with Gasteiger partial charge in [-0.15, -0.1) is 0 Å². The Kier molecular flexibility index (Phi) is 2.86. The summed E-state index contributed by atoms with van der Waals surface area (Å²) >= 11 is 0. The standard InChI is InChI=1S/C17H18N2O3/c20-14-9-17(8-4-3-7-13(17)18-14)10-19-15(21)11-5-1-2-6-12(11)16(19)22/h1-2,5-6,13H,3-4,7-10H2,(H,18,20)/t13-,17-/m0/s1. The minimum Gasteiger partial charge on any atom is -0.353 e. The molecule has 1 aliphatic carbocycles. The monoisotopic (exact) mass is 298 g/mol. The largest absolute Gasteiger partial charge is 0.353 e. The summed E-state index contributed by atoms with van der Waals surface area (Å²) in [4.78, 5) is 38.3. The van der Waals surface area contributed by atoms with Gasteiger partial charge in [-0.1, -0.05) is 25.0 Å². The molecule has 0 aromatic heterocycles. The fourth-order valence-corrected chi connectivity index (χ4v) is 4.25. The van der Waals surface area contributed by atoms with Gasteiger partial charge in [0.2, 0.25) is 5.91 Å². The molecule has 0 unspecified atom stereocenters. The first kappa shape index (κ1) is 13.5. The van der Waals surface area contributed by atoms with Crippen LogP contribution in [0.4, 0.5) is 0 Å². The Hall–Kier alpha value is -2.17. The molecule has 4 rings (SSSR count). The molecule has 1 saturated carbocycles. The van der Waals surface area contributed by atoms with Gasteiger partial charge in [-0.2, -0.15) is 0 Å². The van der Waals surface area contributed by atoms with E-state index in [1.807, 2.05) is 0 Å². The number of amides is 3. The summed E-state index contributed by atoms with van der Waals surface area (Å²) in [5, 5.41) is 3.03. The van der Waals surface area contributed by atoms with E-state index < -0.39 is 0 Å². The van der Waals surface area contributed by atoms with Crippen molar-refractivity contribution in [2.24, 2.45) is 5.41 Å². The van der Waals surface area contributed by atoms with E-state index in [-0.39, 0.29) is 29.2 Å². The predicted molar refractivity (Wildman–Crippen MR) is 79.3 cm³/mol. The third-order valence-electron chi connectivity index (χ3n) is 5.36. The number of nitrogens with zero attached hydrogens (tertiary/aromatic N) is 1. The fraction of sp³-hybridized carbons (Fsp3) is 0.471. The molecule has 1 aromatic carbocycles. The molecule has 1 N–H and O–H groups in total. The summed E-state index contributed by atoms with van der Waals surface area (Å²) in [6, 6.07) is 7.04. The van der Waals surface area contributed by atoms with Crippen molar-refractivity contribution in [3.63, 3.8) is 0 Å². The van der Waals surface area contributed by atoms with Crippen molar-refractivity contribution in [3.8, 4) is 0 Å². The van der Waals surface area contributed by atoms with Crippen molar-refractivity contribution in [1.82, 2.24) is 10.2 Å². The molecule has 3 aliphatic rings. The number of nitrogens with one attached hydrogen (secondary N) is 1. The SMILES string of the molecule is O=C1C[C@]2(CN3C(=O)c4ccccc4C3=O)CCCC[C@@H]2N1. The molecular weight excluding hydrogens is 280 g/mol. The zero-order valence-corrected chi connectivity index (χ0v) is 12.3. The Labute approximate surface area is 128 Å². The second-order valence-corrected chi connectivity index (χ2v) is 6.65. The summed E-state index contributed by atoms with van der Waals surface area (Å²) in [7, 11) is 0. The van der Waals surface area contributed by atoms with Crippen molar-refractivity contribution in [1.29, 1.82) is 0 Å². The van der Waals surface area contributed by atoms with Crippen LogP contribution in [0.3, 0.4) is 0 Å². The highest BCUT2D eigenvalue weighted by Gasteiger charge is 2.51. The molecule has 5 nitrogen and oxygen atoms in total. The number of carbonyl (C=O) groups excluding carboxylic acids is 3. The molecule has 2 aliphatic heterocycles. The lowest BCUT2D eigenvalue weighted by molar-refractivity contribution is -0.119. The van der Waals surface area contributed by atoms with Crippen LogP contribution in [0.1, 0.15) is 52.8 Å². The average molecular weight is 298 g/mol. The second kappa shape index (κ2) is 4.66. The Morgan fingerprint density at radius 2 is 1.77 bits per heavy atom. The number of fused-ring (bicyclic) bond motifs is 2. The molecule has 114 valence electrons. The first-order chi connectivity index (χ1) is 10.6. The zero-order chi connectivity index (χ0) is 15.3. The summed E-state index contributed by atoms with van der Waals surface area (Å²) in [6.07, 6.45) is 4.40. The van der Waals surface area contributed by atoms with Crippen LogP contribution >= 0.6 is 0 Å². The third-order valence-corrected chi connectivity index (χ3v) is 5.36. The predicted octanol–water partition coefficient (Wildman–Crippen LogP) is 1.73. The van der Waals surface area contributed by atoms with Gasteiger partial charge in [-0.05, 0) is 25.0 Å². The lowest BCUT2D eigenvalue weighted by Crippen LogP contribution is -2.48. The van der Waals surface area contributed by atoms with Crippen LogP contribution in [0.2, 0.25) is 0 Å². The van der Waals surface area contributed by atoms with Gasteiger partial charge in [0, 0.05) is 24.4 Å². The van der Waals surface area contributed by atoms with E-state index >= 15 is 0 Å². The number of rotatable bonds is 2. The average Bonchev–Trinajstić information content (AvgIpc) is 2.97. The van der Waals surface area contributed by atoms with Gasteiger partial charge in [-0.25, -0.2) is 0 Å². The van der Waals surface area contributed by atoms with Gasteiger partial charge < -0.3 is 5.32 Å². The number of hydrogen-bond donors (Lipinski definition) is 1. The summed E-state index contributed by atoms with van der Waals surface area (Å²) in [5.41, 5.74) is 0.685. The van der Waals surface area contributed by atoms with Crippen molar-refractivity contribution < 1.29 is 14.4 Å². The molecule has 0 radical (unpaired) electrons. The van der Waals surface area contributed by atoms with Gasteiger partial charge in [0.25, 0.3) is 11.8 Å². The highest BCUT2D eigenvalue weighted by molar-refractivity contribution is 6.21. The summed E-state index contributed by atoms with van der Waals surface area (Å²) in [5.74, 6) is -0.402. The third kappa shape index (κ3) is 1.81. The molecule has 2 fully saturated rings. The van der Waals surface area contributed by atoms with E-state index in [9.17, 15) is 14.4 Å². The number of benzene rings is 1. The molecular formula is C17H18N2O3. The smallest absolute Gasteiger partial charge is 0.261 e. The van der Waals surface area contributed by atoms with E-state index in [0.29, 0.717) is 24.1 Å². The first-order valence-corrected chi connectivity index (χ1v) is 7.85. The maximum atomic E-state index is 12.5. The highest BCUT2D eigenvalue weighted by Crippen LogP contribution is 2.44. The molecule has 5 heteroatoms. The lowest BCUT2D eigenvalue weighted by Gasteiger charge is -2.40. The van der Waals surface area contributed by atoms with Crippen molar-refractivity contribution in [2.45, 2.75) is 38.1 Å². The Bertz CT molecular complexity index is 649. The Morgan fingerprint density at radius 1 is 1.09 bits per heavy atom. The van der Waals surface area contributed by atoms with Crippen molar-refractivity contribution in [3.05, 3.63) is 35.4 Å². The number of carbonyl (C=O) groups is 3. The maximum Gasteiger partial charge on any atom is 0.261 e. The highest BCUT2D eigenvalue weighted by atomic mass is 16.2. The number of hydrogen-bond acceptors (Lipinski definition) is 3. The summed E-state index contributed by atoms with van der Waals surface area (Å²) in [6.45, 7) is 0.350. The van der Waals surface area contributed by atoms with Gasteiger partial charge in [0.05, 0.1) is 11.1 Å². The zero-order valence-electron chi connectivity index (χ0n) is 12.3. The molecule has 0 spiro atoms. The molecule has 22 heavy (non-hydrogen) atoms. The van der Waals surface area contributed by atoms with E-state index in [1.165, 1.54) is 4.90 Å². The summed E-state index contributed by atoms with van der Waals surface area (Å²) < 4.78 is 0. The normalized spacial score (nSPS) is 30.3. The molecule has 2 atom stereocenters. The van der Waals surface area contributed by atoms with Crippen LogP contribution in [0.25, 0.3) is 0 Å². The van der Waals surface area contributed by atoms with E-state index in [0.717, 1.165) is 25.7 Å². The Morgan fingerprint density at radius 3 is 2.45 bits per heavy atom. The molecule has 3 amide bonds. The molecule has 2 heterocycles. The molecule has 1 saturated heterocycles. The fourth-order valence-electron chi connectivity index (χ4n) is 4.25. The van der Waals surface area contributed by atoms with Crippen LogP contribution < -0.4 is 5.32 Å². The second-order valence-electron chi connectivity index (χ2n) is 6.65. The Balaban J connectivity index is 1.65. The van der Waals surface area contributed by atoms with Gasteiger partial charge >= 0.3 is 0 Å². The van der Waals surface area contributed by atoms with Crippen molar-refractivity contribution in [2.75, 3.05) is 6.54 Å². The first-order valence-electron chi connectivity index (χ1n) is 7.85. The van der Waals surface area contributed by atoms with Gasteiger partial charge in [0.1, 0.15) is 0 Å². The topological polar surface area (TPSA) is 66.5 Å². The maximum absolute atomic E-state index is 12.5. The minimum absolute atomic E-state index is 0.0449. The van der Waals surface area contributed by atoms with E-state index in [1.54, 1.807) is 24.3 Å². The minimum atomic E-state index is -0.275. The molecule has 1 aromatic rings. The number of imide groups is 1. The van der Waals surface area contributed by atoms with Crippen LogP contribution in [-0.2, 0) is 4.79 Å². The quantitative estimate of drug-likeness (QED) is 0.846. The van der Waals surface area contributed by atoms with Crippen molar-refractivity contribution >= 4 is 17.7 Å².